The Balaban J connectivity index is 1.17. The third-order valence-electron chi connectivity index (χ3n) is 6.84. The lowest BCUT2D eigenvalue weighted by molar-refractivity contribution is -0.147. The zero-order valence-electron chi connectivity index (χ0n) is 18.4. The van der Waals surface area contributed by atoms with E-state index in [0.717, 1.165) is 11.1 Å². The van der Waals surface area contributed by atoms with E-state index >= 15 is 0 Å². The lowest BCUT2D eigenvalue weighted by Gasteiger charge is -2.37. The third kappa shape index (κ3) is 4.70. The molecule has 8 nitrogen and oxygen atoms in total. The van der Waals surface area contributed by atoms with Gasteiger partial charge in [-0.2, -0.15) is 0 Å². The number of amides is 2. The second-order valence-corrected chi connectivity index (χ2v) is 11.4. The molecule has 1 aromatic carbocycles. The lowest BCUT2D eigenvalue weighted by Crippen LogP contribution is -2.54. The molecule has 0 bridgehead atoms. The number of aliphatic hydroxyl groups is 1. The van der Waals surface area contributed by atoms with Crippen molar-refractivity contribution in [2.75, 3.05) is 30.9 Å². The molecule has 0 spiro atoms. The Morgan fingerprint density at radius 3 is 2.36 bits per heavy atom. The maximum absolute atomic E-state index is 13.0. The zero-order chi connectivity index (χ0) is 23.2. The summed E-state index contributed by atoms with van der Waals surface area (Å²) in [5, 5.41) is 9.75. The van der Waals surface area contributed by atoms with Gasteiger partial charge >= 0.3 is 0 Å². The largest absolute Gasteiger partial charge is 0.380 e. The molecule has 0 aromatic heterocycles. The van der Waals surface area contributed by atoms with Gasteiger partial charge in [0.2, 0.25) is 15.9 Å². The summed E-state index contributed by atoms with van der Waals surface area (Å²) in [7, 11) is -3.31. The topological polar surface area (TPSA) is 107 Å². The lowest BCUT2D eigenvalue weighted by atomic mass is 9.92. The van der Waals surface area contributed by atoms with E-state index in [1.54, 1.807) is 15.9 Å². The smallest absolute Gasteiger partial charge is 0.254 e. The van der Waals surface area contributed by atoms with Gasteiger partial charge in [0.1, 0.15) is 5.60 Å². The molecular formula is C24H29N3O5S. The van der Waals surface area contributed by atoms with Crippen LogP contribution in [0.15, 0.2) is 42.5 Å². The van der Waals surface area contributed by atoms with Crippen molar-refractivity contribution in [2.45, 2.75) is 43.0 Å². The van der Waals surface area contributed by atoms with E-state index in [0.29, 0.717) is 64.0 Å². The number of anilines is 1. The summed E-state index contributed by atoms with van der Waals surface area (Å²) in [5.74, 6) is -0.411. The van der Waals surface area contributed by atoms with Gasteiger partial charge in [0, 0.05) is 31.9 Å². The van der Waals surface area contributed by atoms with E-state index in [1.807, 2.05) is 36.4 Å². The highest BCUT2D eigenvalue weighted by Gasteiger charge is 2.50. The number of piperazine rings is 1. The molecule has 1 unspecified atom stereocenters. The second-order valence-electron chi connectivity index (χ2n) is 9.44. The SMILES string of the molecule is O=C(C1C=CC(c2cccc(NS(=O)(=O)C3CC3)c2)=CC1)N1CCN(C(=O)C2(O)CC2)CC1. The van der Waals surface area contributed by atoms with Crippen LogP contribution in [0.1, 0.15) is 37.7 Å². The predicted octanol–water partition coefficient (Wildman–Crippen LogP) is 1.75. The number of sulfonamides is 1. The van der Waals surface area contributed by atoms with Crippen molar-refractivity contribution in [1.29, 1.82) is 0 Å². The highest BCUT2D eigenvalue weighted by molar-refractivity contribution is 7.93. The van der Waals surface area contributed by atoms with Gasteiger partial charge in [0.25, 0.3) is 5.91 Å². The Hall–Kier alpha value is -2.65. The average Bonchev–Trinajstić information content (AvgIpc) is 3.75. The Morgan fingerprint density at radius 1 is 1.06 bits per heavy atom. The van der Waals surface area contributed by atoms with Crippen molar-refractivity contribution in [3.05, 3.63) is 48.1 Å². The standard InChI is InChI=1S/C24H29N3O5S/c28-22(26-12-14-27(15-13-26)23(29)24(30)10-11-24)18-6-4-17(5-7-18)19-2-1-3-20(16-19)25-33(31,32)21-8-9-21/h1-6,16,18,21,25,30H,7-15H2. The maximum atomic E-state index is 13.0. The van der Waals surface area contributed by atoms with Crippen LogP contribution in [0.4, 0.5) is 5.69 Å². The molecule has 1 saturated heterocycles. The van der Waals surface area contributed by atoms with Crippen LogP contribution in [0.5, 0.6) is 0 Å². The van der Waals surface area contributed by atoms with Gasteiger partial charge in [-0.15, -0.1) is 0 Å². The first-order valence-corrected chi connectivity index (χ1v) is 13.1. The summed E-state index contributed by atoms with van der Waals surface area (Å²) >= 11 is 0. The fraction of sp³-hybridized carbons (Fsp3) is 0.500. The molecule has 176 valence electrons. The molecule has 0 radical (unpaired) electrons. The van der Waals surface area contributed by atoms with Crippen LogP contribution in [-0.4, -0.2) is 72.2 Å². The monoisotopic (exact) mass is 471 g/mol. The van der Waals surface area contributed by atoms with Crippen LogP contribution in [0.3, 0.4) is 0 Å². The van der Waals surface area contributed by atoms with Crippen LogP contribution in [-0.2, 0) is 19.6 Å². The molecule has 9 heteroatoms. The van der Waals surface area contributed by atoms with E-state index in [4.69, 9.17) is 0 Å². The third-order valence-corrected chi connectivity index (χ3v) is 8.71. The maximum Gasteiger partial charge on any atom is 0.254 e. The van der Waals surface area contributed by atoms with Crippen molar-refractivity contribution < 1.29 is 23.1 Å². The van der Waals surface area contributed by atoms with Crippen molar-refractivity contribution in [3.8, 4) is 0 Å². The van der Waals surface area contributed by atoms with E-state index in [-0.39, 0.29) is 23.0 Å². The number of nitrogens with zero attached hydrogens (tertiary/aromatic N) is 2. The molecule has 3 aliphatic carbocycles. The summed E-state index contributed by atoms with van der Waals surface area (Å²) in [6.45, 7) is 1.86. The first-order chi connectivity index (χ1) is 15.7. The number of hydrogen-bond acceptors (Lipinski definition) is 5. The summed E-state index contributed by atoms with van der Waals surface area (Å²) in [4.78, 5) is 28.7. The Morgan fingerprint density at radius 2 is 1.76 bits per heavy atom. The van der Waals surface area contributed by atoms with Gasteiger partial charge in [-0.05, 0) is 55.4 Å². The van der Waals surface area contributed by atoms with Gasteiger partial charge < -0.3 is 14.9 Å². The van der Waals surface area contributed by atoms with E-state index in [1.165, 1.54) is 0 Å². The number of nitrogens with one attached hydrogen (secondary N) is 1. The van der Waals surface area contributed by atoms with Gasteiger partial charge in [0.05, 0.1) is 11.2 Å². The van der Waals surface area contributed by atoms with Crippen molar-refractivity contribution >= 4 is 33.1 Å². The molecular weight excluding hydrogens is 442 g/mol. The summed E-state index contributed by atoms with van der Waals surface area (Å²) in [6.07, 6.45) is 8.90. The number of rotatable bonds is 6. The molecule has 4 aliphatic rings. The molecule has 1 atom stereocenters. The summed E-state index contributed by atoms with van der Waals surface area (Å²) in [6, 6.07) is 7.32. The Bertz CT molecular complexity index is 1130. The van der Waals surface area contributed by atoms with Crippen molar-refractivity contribution in [2.24, 2.45) is 5.92 Å². The summed E-state index contributed by atoms with van der Waals surface area (Å²) in [5.41, 5.74) is 1.25. The van der Waals surface area contributed by atoms with E-state index in [2.05, 4.69) is 4.72 Å². The predicted molar refractivity (Wildman–Crippen MR) is 125 cm³/mol. The number of allylic oxidation sites excluding steroid dienone is 3. The average molecular weight is 472 g/mol. The molecule has 1 heterocycles. The minimum atomic E-state index is -3.31. The van der Waals surface area contributed by atoms with Crippen LogP contribution in [0, 0.1) is 5.92 Å². The molecule has 33 heavy (non-hydrogen) atoms. The molecule has 3 fully saturated rings. The molecule has 2 saturated carbocycles. The second kappa shape index (κ2) is 8.29. The molecule has 1 aromatic rings. The first-order valence-electron chi connectivity index (χ1n) is 11.6. The highest BCUT2D eigenvalue weighted by Crippen LogP contribution is 2.37. The minimum Gasteiger partial charge on any atom is -0.380 e. The number of carbonyl (C=O) groups excluding carboxylic acids is 2. The van der Waals surface area contributed by atoms with Gasteiger partial charge in [-0.25, -0.2) is 8.42 Å². The van der Waals surface area contributed by atoms with E-state index < -0.39 is 15.6 Å². The summed E-state index contributed by atoms with van der Waals surface area (Å²) < 4.78 is 27.1. The van der Waals surface area contributed by atoms with Crippen LogP contribution in [0.2, 0.25) is 0 Å². The fourth-order valence-electron chi connectivity index (χ4n) is 4.40. The highest BCUT2D eigenvalue weighted by atomic mass is 32.2. The Labute approximate surface area is 194 Å². The molecule has 2 amide bonds. The van der Waals surface area contributed by atoms with Crippen molar-refractivity contribution in [1.82, 2.24) is 9.80 Å². The van der Waals surface area contributed by atoms with Gasteiger partial charge in [-0.3, -0.25) is 14.3 Å². The quantitative estimate of drug-likeness (QED) is 0.657. The van der Waals surface area contributed by atoms with Crippen LogP contribution >= 0.6 is 0 Å². The number of hydrogen-bond donors (Lipinski definition) is 2. The molecule has 2 N–H and O–H groups in total. The number of carbonyl (C=O) groups is 2. The van der Waals surface area contributed by atoms with Crippen molar-refractivity contribution in [3.63, 3.8) is 0 Å². The zero-order valence-corrected chi connectivity index (χ0v) is 19.3. The van der Waals surface area contributed by atoms with E-state index in [9.17, 15) is 23.1 Å². The first kappa shape index (κ1) is 22.2. The normalized spacial score (nSPS) is 24.3. The van der Waals surface area contributed by atoms with Crippen LogP contribution < -0.4 is 4.72 Å². The molecule has 5 rings (SSSR count). The minimum absolute atomic E-state index is 0.0460. The Kier molecular flexibility index (Phi) is 5.56. The fourth-order valence-corrected chi connectivity index (χ4v) is 5.78. The molecule has 1 aliphatic heterocycles. The van der Waals surface area contributed by atoms with Gasteiger partial charge in [-0.1, -0.05) is 30.4 Å². The van der Waals surface area contributed by atoms with Gasteiger partial charge in [0.15, 0.2) is 0 Å². The van der Waals surface area contributed by atoms with Crippen LogP contribution in [0.25, 0.3) is 5.57 Å². The number of benzene rings is 1.